The summed E-state index contributed by atoms with van der Waals surface area (Å²) >= 11 is 5.88. The van der Waals surface area contributed by atoms with Gasteiger partial charge in [0.1, 0.15) is 5.82 Å². The Morgan fingerprint density at radius 1 is 1.22 bits per heavy atom. The highest BCUT2D eigenvalue weighted by Gasteiger charge is 2.17. The van der Waals surface area contributed by atoms with Crippen LogP contribution in [-0.2, 0) is 9.59 Å². The Morgan fingerprint density at radius 3 is 2.52 bits per heavy atom. The highest BCUT2D eigenvalue weighted by Crippen LogP contribution is 2.20. The quantitative estimate of drug-likeness (QED) is 0.883. The molecule has 2 N–H and O–H groups in total. The van der Waals surface area contributed by atoms with E-state index in [0.717, 1.165) is 11.1 Å². The van der Waals surface area contributed by atoms with Crippen molar-refractivity contribution in [1.82, 2.24) is 10.3 Å². The molecule has 2 amide bonds. The smallest absolute Gasteiger partial charge is 0.227 e. The lowest BCUT2D eigenvalue weighted by molar-refractivity contribution is -0.120. The summed E-state index contributed by atoms with van der Waals surface area (Å²) in [6.07, 6.45) is 1.74. The van der Waals surface area contributed by atoms with Gasteiger partial charge in [0, 0.05) is 18.1 Å². The summed E-state index contributed by atoms with van der Waals surface area (Å²) in [5.41, 5.74) is 1.82. The van der Waals surface area contributed by atoms with Crippen molar-refractivity contribution < 1.29 is 9.59 Å². The van der Waals surface area contributed by atoms with Gasteiger partial charge < -0.3 is 10.6 Å². The highest BCUT2D eigenvalue weighted by atomic mass is 35.5. The fourth-order valence-corrected chi connectivity index (χ4v) is 2.30. The molecule has 5 nitrogen and oxygen atoms in total. The standard InChI is InChI=1S/C17H18ClN3O2/c1-11-7-8-19-16(9-11)21-17(23)10-15(20-12(2)22)13-3-5-14(18)6-4-13/h3-9,15H,10H2,1-2H3,(H,20,22)(H,19,21,23)/t15-/m0/s1. The number of nitrogens with one attached hydrogen (secondary N) is 2. The number of hydrogen-bond acceptors (Lipinski definition) is 3. The van der Waals surface area contributed by atoms with E-state index in [4.69, 9.17) is 11.6 Å². The fraction of sp³-hybridized carbons (Fsp3) is 0.235. The molecule has 1 aromatic carbocycles. The third kappa shape index (κ3) is 5.38. The number of pyridine rings is 1. The maximum absolute atomic E-state index is 12.2. The SMILES string of the molecule is CC(=O)N[C@@H](CC(=O)Nc1cc(C)ccn1)c1ccc(Cl)cc1. The predicted molar refractivity (Wildman–Crippen MR) is 90.2 cm³/mol. The Balaban J connectivity index is 2.09. The minimum atomic E-state index is -0.422. The van der Waals surface area contributed by atoms with E-state index in [1.54, 1.807) is 36.5 Å². The van der Waals surface area contributed by atoms with Crippen LogP contribution in [0.15, 0.2) is 42.6 Å². The van der Waals surface area contributed by atoms with Crippen molar-refractivity contribution in [1.29, 1.82) is 0 Å². The van der Waals surface area contributed by atoms with Gasteiger partial charge in [0.05, 0.1) is 12.5 Å². The average molecular weight is 332 g/mol. The van der Waals surface area contributed by atoms with Gasteiger partial charge in [0.2, 0.25) is 11.8 Å². The molecule has 0 bridgehead atoms. The molecule has 0 radical (unpaired) electrons. The number of amides is 2. The van der Waals surface area contributed by atoms with Crippen LogP contribution in [0.25, 0.3) is 0 Å². The van der Waals surface area contributed by atoms with Crippen LogP contribution >= 0.6 is 11.6 Å². The number of hydrogen-bond donors (Lipinski definition) is 2. The Bertz CT molecular complexity index is 701. The van der Waals surface area contributed by atoms with Crippen molar-refractivity contribution in [3.8, 4) is 0 Å². The summed E-state index contributed by atoms with van der Waals surface area (Å²) in [4.78, 5) is 27.7. The van der Waals surface area contributed by atoms with Gasteiger partial charge in [-0.25, -0.2) is 4.98 Å². The van der Waals surface area contributed by atoms with Crippen LogP contribution in [0.3, 0.4) is 0 Å². The second kappa shape index (κ2) is 7.74. The van der Waals surface area contributed by atoms with Crippen molar-refractivity contribution in [2.45, 2.75) is 26.3 Å². The molecule has 6 heteroatoms. The minimum Gasteiger partial charge on any atom is -0.349 e. The largest absolute Gasteiger partial charge is 0.349 e. The Morgan fingerprint density at radius 2 is 1.91 bits per heavy atom. The molecule has 0 aliphatic heterocycles. The third-order valence-electron chi connectivity index (χ3n) is 3.22. The van der Waals surface area contributed by atoms with Gasteiger partial charge >= 0.3 is 0 Å². The molecule has 0 aliphatic carbocycles. The Hall–Kier alpha value is -2.40. The first-order valence-electron chi connectivity index (χ1n) is 7.19. The van der Waals surface area contributed by atoms with E-state index in [9.17, 15) is 9.59 Å². The maximum atomic E-state index is 12.2. The first-order valence-corrected chi connectivity index (χ1v) is 7.57. The van der Waals surface area contributed by atoms with Crippen LogP contribution in [0, 0.1) is 6.92 Å². The zero-order valence-corrected chi connectivity index (χ0v) is 13.7. The molecule has 0 spiro atoms. The summed E-state index contributed by atoms with van der Waals surface area (Å²) in [6.45, 7) is 3.34. The zero-order valence-electron chi connectivity index (χ0n) is 13.0. The molecule has 120 valence electrons. The molecule has 0 aliphatic rings. The number of carbonyl (C=O) groups is 2. The number of benzene rings is 1. The number of aryl methyl sites for hydroxylation is 1. The van der Waals surface area contributed by atoms with Gasteiger partial charge in [0.25, 0.3) is 0 Å². The molecule has 2 rings (SSSR count). The van der Waals surface area contributed by atoms with Gasteiger partial charge in [-0.15, -0.1) is 0 Å². The molecule has 0 unspecified atom stereocenters. The predicted octanol–water partition coefficient (Wildman–Crippen LogP) is 3.25. The number of halogens is 1. The second-order valence-electron chi connectivity index (χ2n) is 5.28. The van der Waals surface area contributed by atoms with E-state index >= 15 is 0 Å². The minimum absolute atomic E-state index is 0.108. The normalized spacial score (nSPS) is 11.6. The Kier molecular flexibility index (Phi) is 5.71. The van der Waals surface area contributed by atoms with Gasteiger partial charge in [-0.1, -0.05) is 23.7 Å². The Labute approximate surface area is 140 Å². The molecule has 1 atom stereocenters. The third-order valence-corrected chi connectivity index (χ3v) is 3.47. The molecule has 1 heterocycles. The van der Waals surface area contributed by atoms with E-state index in [1.165, 1.54) is 6.92 Å². The van der Waals surface area contributed by atoms with Crippen molar-refractivity contribution in [3.63, 3.8) is 0 Å². The second-order valence-corrected chi connectivity index (χ2v) is 5.71. The first-order chi connectivity index (χ1) is 10.9. The fourth-order valence-electron chi connectivity index (χ4n) is 2.18. The first kappa shape index (κ1) is 17.0. The van der Waals surface area contributed by atoms with Gasteiger partial charge in [0.15, 0.2) is 0 Å². The summed E-state index contributed by atoms with van der Waals surface area (Å²) < 4.78 is 0. The molecule has 0 saturated carbocycles. The molecule has 0 saturated heterocycles. The van der Waals surface area contributed by atoms with Crippen LogP contribution in [0.4, 0.5) is 5.82 Å². The van der Waals surface area contributed by atoms with Gasteiger partial charge in [-0.2, -0.15) is 0 Å². The van der Waals surface area contributed by atoms with Crippen LogP contribution in [0.2, 0.25) is 5.02 Å². The number of aromatic nitrogens is 1. The lowest BCUT2D eigenvalue weighted by atomic mass is 10.0. The van der Waals surface area contributed by atoms with Crippen LogP contribution in [0.5, 0.6) is 0 Å². The van der Waals surface area contributed by atoms with E-state index in [2.05, 4.69) is 15.6 Å². The molecule has 1 aromatic heterocycles. The number of anilines is 1. The molecule has 23 heavy (non-hydrogen) atoms. The van der Waals surface area contributed by atoms with Crippen molar-refractivity contribution in [3.05, 3.63) is 58.7 Å². The molecule has 2 aromatic rings. The lowest BCUT2D eigenvalue weighted by Gasteiger charge is -2.18. The van der Waals surface area contributed by atoms with E-state index in [0.29, 0.717) is 10.8 Å². The number of nitrogens with zero attached hydrogens (tertiary/aromatic N) is 1. The van der Waals surface area contributed by atoms with E-state index in [1.807, 2.05) is 13.0 Å². The topological polar surface area (TPSA) is 71.1 Å². The van der Waals surface area contributed by atoms with Gasteiger partial charge in [-0.05, 0) is 42.3 Å². The van der Waals surface area contributed by atoms with Crippen molar-refractivity contribution in [2.75, 3.05) is 5.32 Å². The zero-order chi connectivity index (χ0) is 16.8. The van der Waals surface area contributed by atoms with Crippen molar-refractivity contribution >= 4 is 29.2 Å². The summed E-state index contributed by atoms with van der Waals surface area (Å²) in [5, 5.41) is 6.12. The molecule has 0 fully saturated rings. The van der Waals surface area contributed by atoms with Crippen LogP contribution in [-0.4, -0.2) is 16.8 Å². The molecular weight excluding hydrogens is 314 g/mol. The van der Waals surface area contributed by atoms with Crippen LogP contribution < -0.4 is 10.6 Å². The maximum Gasteiger partial charge on any atom is 0.227 e. The van der Waals surface area contributed by atoms with Gasteiger partial charge in [-0.3, -0.25) is 9.59 Å². The summed E-state index contributed by atoms with van der Waals surface area (Å²) in [7, 11) is 0. The summed E-state index contributed by atoms with van der Waals surface area (Å²) in [6, 6.07) is 10.3. The average Bonchev–Trinajstić information content (AvgIpc) is 2.46. The number of rotatable bonds is 5. The molecular formula is C17H18ClN3O2. The van der Waals surface area contributed by atoms with Crippen LogP contribution in [0.1, 0.15) is 30.5 Å². The lowest BCUT2D eigenvalue weighted by Crippen LogP contribution is -2.29. The van der Waals surface area contributed by atoms with Crippen molar-refractivity contribution in [2.24, 2.45) is 0 Å². The number of carbonyl (C=O) groups excluding carboxylic acids is 2. The monoisotopic (exact) mass is 331 g/mol. The highest BCUT2D eigenvalue weighted by molar-refractivity contribution is 6.30. The van der Waals surface area contributed by atoms with E-state index < -0.39 is 6.04 Å². The van der Waals surface area contributed by atoms with E-state index in [-0.39, 0.29) is 18.2 Å². The summed E-state index contributed by atoms with van der Waals surface area (Å²) in [5.74, 6) is 0.0657.